The second-order valence-electron chi connectivity index (χ2n) is 13.2. The average molecular weight is 770 g/mol. The number of benzene rings is 5. The van der Waals surface area contributed by atoms with Crippen LogP contribution < -0.4 is 0 Å². The summed E-state index contributed by atoms with van der Waals surface area (Å²) in [4.78, 5) is 10.5. The number of aryl methyl sites for hydroxylation is 4. The van der Waals surface area contributed by atoms with Gasteiger partial charge >= 0.3 is 0 Å². The maximum absolute atomic E-state index is 11.8. The molecule has 14 nitrogen and oxygen atoms in total. The van der Waals surface area contributed by atoms with Crippen molar-refractivity contribution in [2.45, 2.75) is 53.4 Å². The molecule has 2 heterocycles. The molecule has 0 atom stereocenters. The van der Waals surface area contributed by atoms with Crippen molar-refractivity contribution in [3.05, 3.63) is 153 Å². The van der Waals surface area contributed by atoms with Gasteiger partial charge in [0.05, 0.1) is 50.4 Å². The van der Waals surface area contributed by atoms with E-state index >= 15 is 0 Å². The van der Waals surface area contributed by atoms with Gasteiger partial charge in [0, 0.05) is 22.9 Å². The molecule has 5 aromatic carbocycles. The number of azo groups is 2. The molecule has 7 aromatic rings. The average Bonchev–Trinajstić information content (AvgIpc) is 3.63. The zero-order valence-electron chi connectivity index (χ0n) is 31.8. The standard InChI is InChI=1S/C22H20N4O3S.C19H19N5O2/c1-14-13-20(30(27,28)29)18-11-7-8-12-19(18)21(14)23-24-22-15(2)25-26(16(22)3)17-9-5-4-6-10-17;1-12-10-17(24(25)26)11-18(13(12)2)20-21-19-14(3)22-23(15(19)4)16-8-6-5-7-9-16/h4-13H,1-3H3,(H,27,28,29);5-11H,1-4H3. The number of hydrogen-bond acceptors (Lipinski definition) is 10. The van der Waals surface area contributed by atoms with E-state index in [1.165, 1.54) is 18.2 Å². The van der Waals surface area contributed by atoms with E-state index in [0.29, 0.717) is 39.1 Å². The molecule has 0 aliphatic heterocycles. The third kappa shape index (κ3) is 8.04. The number of aromatic nitrogens is 4. The monoisotopic (exact) mass is 769 g/mol. The fourth-order valence-corrected chi connectivity index (χ4v) is 7.02. The van der Waals surface area contributed by atoms with Gasteiger partial charge in [-0.1, -0.05) is 60.7 Å². The van der Waals surface area contributed by atoms with Crippen molar-refractivity contribution in [1.29, 1.82) is 0 Å². The molecule has 0 saturated carbocycles. The Morgan fingerprint density at radius 3 is 1.57 bits per heavy atom. The normalized spacial score (nSPS) is 11.7. The van der Waals surface area contributed by atoms with Crippen molar-refractivity contribution >= 4 is 49.3 Å². The van der Waals surface area contributed by atoms with E-state index in [2.05, 4.69) is 30.7 Å². The lowest BCUT2D eigenvalue weighted by Crippen LogP contribution is -2.00. The highest BCUT2D eigenvalue weighted by molar-refractivity contribution is 7.86. The minimum atomic E-state index is -4.36. The second-order valence-corrected chi connectivity index (χ2v) is 14.5. The quantitative estimate of drug-likeness (QED) is 0.0690. The number of rotatable bonds is 8. The second kappa shape index (κ2) is 15.9. The number of nitro benzene ring substituents is 1. The number of fused-ring (bicyclic) bond motifs is 1. The van der Waals surface area contributed by atoms with E-state index in [1.807, 2.05) is 112 Å². The summed E-state index contributed by atoms with van der Waals surface area (Å²) in [6.45, 7) is 13.0. The SMILES string of the molecule is Cc1cc(S(=O)(=O)O)c2ccccc2c1N=Nc1c(C)nn(-c2ccccc2)c1C.Cc1cc([N+](=O)[O-])cc(N=Nc2c(C)nn(-c3ccccc3)c2C)c1C. The Morgan fingerprint density at radius 2 is 1.07 bits per heavy atom. The van der Waals surface area contributed by atoms with Gasteiger partial charge in [0.2, 0.25) is 0 Å². The van der Waals surface area contributed by atoms with Crippen LogP contribution in [0.15, 0.2) is 128 Å². The number of nitro groups is 1. The Labute approximate surface area is 323 Å². The predicted molar refractivity (Wildman–Crippen MR) is 215 cm³/mol. The third-order valence-corrected chi connectivity index (χ3v) is 10.2. The van der Waals surface area contributed by atoms with Crippen LogP contribution in [0.25, 0.3) is 22.1 Å². The summed E-state index contributed by atoms with van der Waals surface area (Å²) in [6.07, 6.45) is 0. The summed E-state index contributed by atoms with van der Waals surface area (Å²) >= 11 is 0. The molecule has 0 bridgehead atoms. The van der Waals surface area contributed by atoms with Crippen molar-refractivity contribution in [2.75, 3.05) is 0 Å². The largest absolute Gasteiger partial charge is 0.295 e. The van der Waals surface area contributed by atoms with Gasteiger partial charge < -0.3 is 0 Å². The maximum Gasteiger partial charge on any atom is 0.295 e. The molecule has 0 aliphatic rings. The van der Waals surface area contributed by atoms with Gasteiger partial charge in [0.1, 0.15) is 16.3 Å². The molecule has 0 aliphatic carbocycles. The van der Waals surface area contributed by atoms with Crippen LogP contribution in [0.2, 0.25) is 0 Å². The summed E-state index contributed by atoms with van der Waals surface area (Å²) in [7, 11) is -4.36. The fourth-order valence-electron chi connectivity index (χ4n) is 6.24. The number of non-ortho nitro benzene ring substituents is 1. The summed E-state index contributed by atoms with van der Waals surface area (Å²) in [5.74, 6) is 0. The molecule has 0 unspecified atom stereocenters. The summed E-state index contributed by atoms with van der Waals surface area (Å²) < 4.78 is 36.8. The first-order chi connectivity index (χ1) is 26.6. The van der Waals surface area contributed by atoms with Gasteiger partial charge in [-0.25, -0.2) is 9.36 Å². The lowest BCUT2D eigenvalue weighted by molar-refractivity contribution is -0.384. The number of hydrogen-bond donors (Lipinski definition) is 1. The number of nitrogens with zero attached hydrogens (tertiary/aromatic N) is 9. The minimum absolute atomic E-state index is 0.00970. The lowest BCUT2D eigenvalue weighted by atomic mass is 10.1. The summed E-state index contributed by atoms with van der Waals surface area (Å²) in [6, 6.07) is 30.8. The van der Waals surface area contributed by atoms with E-state index in [0.717, 1.165) is 45.3 Å². The Bertz CT molecular complexity index is 2780. The fraction of sp³-hybridized carbons (Fsp3) is 0.171. The van der Waals surface area contributed by atoms with Gasteiger partial charge in [-0.3, -0.25) is 14.7 Å². The molecular weight excluding hydrogens is 731 g/mol. The Balaban J connectivity index is 0.000000192. The van der Waals surface area contributed by atoms with Gasteiger partial charge in [0.15, 0.2) is 0 Å². The molecule has 56 heavy (non-hydrogen) atoms. The van der Waals surface area contributed by atoms with Gasteiger partial charge in [-0.2, -0.15) is 18.6 Å². The predicted octanol–water partition coefficient (Wildman–Crippen LogP) is 11.0. The van der Waals surface area contributed by atoms with Crippen LogP contribution in [-0.2, 0) is 10.1 Å². The van der Waals surface area contributed by atoms with E-state index in [9.17, 15) is 23.1 Å². The van der Waals surface area contributed by atoms with E-state index < -0.39 is 15.0 Å². The first-order valence-corrected chi connectivity index (χ1v) is 18.9. The van der Waals surface area contributed by atoms with Crippen molar-refractivity contribution in [1.82, 2.24) is 19.6 Å². The maximum atomic E-state index is 11.8. The van der Waals surface area contributed by atoms with E-state index in [-0.39, 0.29) is 10.6 Å². The van der Waals surface area contributed by atoms with Crippen molar-refractivity contribution in [3.8, 4) is 11.4 Å². The number of para-hydroxylation sites is 2. The highest BCUT2D eigenvalue weighted by atomic mass is 32.2. The summed E-state index contributed by atoms with van der Waals surface area (Å²) in [5.41, 5.74) is 9.68. The molecule has 1 N–H and O–H groups in total. The first-order valence-electron chi connectivity index (χ1n) is 17.5. The smallest absolute Gasteiger partial charge is 0.282 e. The molecule has 0 fully saturated rings. The Kier molecular flexibility index (Phi) is 11.1. The van der Waals surface area contributed by atoms with Gasteiger partial charge in [-0.05, 0) is 95.5 Å². The highest BCUT2D eigenvalue weighted by Crippen LogP contribution is 2.37. The van der Waals surface area contributed by atoms with Crippen LogP contribution in [0.1, 0.15) is 39.5 Å². The van der Waals surface area contributed by atoms with Crippen molar-refractivity contribution in [2.24, 2.45) is 20.5 Å². The zero-order valence-corrected chi connectivity index (χ0v) is 32.6. The van der Waals surface area contributed by atoms with Gasteiger partial charge in [-0.15, -0.1) is 20.5 Å². The van der Waals surface area contributed by atoms with E-state index in [4.69, 9.17) is 0 Å². The summed E-state index contributed by atoms with van der Waals surface area (Å²) in [5, 5.41) is 38.7. The molecule has 7 rings (SSSR count). The van der Waals surface area contributed by atoms with Crippen molar-refractivity contribution < 1.29 is 17.9 Å². The molecule has 0 radical (unpaired) electrons. The first kappa shape index (κ1) is 39.0. The zero-order chi connectivity index (χ0) is 40.3. The van der Waals surface area contributed by atoms with Crippen LogP contribution in [0.5, 0.6) is 0 Å². The molecule has 0 spiro atoms. The topological polar surface area (TPSA) is 183 Å². The Hall–Kier alpha value is -6.71. The molecular formula is C41H39N9O5S. The van der Waals surface area contributed by atoms with Crippen LogP contribution >= 0.6 is 0 Å². The molecule has 15 heteroatoms. The lowest BCUT2D eigenvalue weighted by Gasteiger charge is -2.09. The van der Waals surface area contributed by atoms with Gasteiger partial charge in [0.25, 0.3) is 15.8 Å². The minimum Gasteiger partial charge on any atom is -0.282 e. The van der Waals surface area contributed by atoms with Crippen LogP contribution in [0.4, 0.5) is 28.4 Å². The molecule has 0 amide bonds. The Morgan fingerprint density at radius 1 is 0.607 bits per heavy atom. The molecule has 284 valence electrons. The molecule has 2 aromatic heterocycles. The van der Waals surface area contributed by atoms with E-state index in [1.54, 1.807) is 31.2 Å². The van der Waals surface area contributed by atoms with Crippen molar-refractivity contribution in [3.63, 3.8) is 0 Å². The molecule has 0 saturated heterocycles. The van der Waals surface area contributed by atoms with Crippen LogP contribution in [0.3, 0.4) is 0 Å². The third-order valence-electron chi connectivity index (χ3n) is 9.30. The highest BCUT2D eigenvalue weighted by Gasteiger charge is 2.19. The van der Waals surface area contributed by atoms with Crippen LogP contribution in [-0.4, -0.2) is 37.5 Å². The van der Waals surface area contributed by atoms with Crippen LogP contribution in [0, 0.1) is 58.6 Å².